The van der Waals surface area contributed by atoms with E-state index in [1.165, 1.54) is 18.5 Å². The maximum absolute atomic E-state index is 11.8. The Labute approximate surface area is 86.3 Å². The Bertz CT molecular complexity index is 395. The van der Waals surface area contributed by atoms with Crippen LogP contribution in [0.25, 0.3) is 0 Å². The number of carbonyl (C=O) groups excluding carboxylic acids is 2. The monoisotopic (exact) mass is 206 g/mol. The van der Waals surface area contributed by atoms with Crippen molar-refractivity contribution in [1.82, 2.24) is 9.88 Å². The molecule has 2 rings (SSSR count). The van der Waals surface area contributed by atoms with E-state index in [2.05, 4.69) is 4.98 Å². The molecule has 2 heterocycles. The standard InChI is InChI=1S/C10H10N2O3/c1-6(5-13)12-9(14)7-2-3-11-4-8(7)10(12)15/h2-4,6,13H,5H2,1H3/t6-/m1/s1. The van der Waals surface area contributed by atoms with E-state index in [0.717, 1.165) is 4.90 Å². The average molecular weight is 206 g/mol. The predicted octanol–water partition coefficient (Wildman–Crippen LogP) is 0.0584. The second-order valence-corrected chi connectivity index (χ2v) is 3.43. The summed E-state index contributed by atoms with van der Waals surface area (Å²) >= 11 is 0. The number of imide groups is 1. The first kappa shape index (κ1) is 9.79. The summed E-state index contributed by atoms with van der Waals surface area (Å²) in [4.78, 5) is 28.4. The SMILES string of the molecule is C[C@H](CO)N1C(=O)c2ccncc2C1=O. The van der Waals surface area contributed by atoms with Crippen molar-refractivity contribution in [2.75, 3.05) is 6.61 Å². The van der Waals surface area contributed by atoms with Crippen molar-refractivity contribution >= 4 is 11.8 Å². The number of hydrogen-bond donors (Lipinski definition) is 1. The zero-order valence-electron chi connectivity index (χ0n) is 8.17. The van der Waals surface area contributed by atoms with Crippen LogP contribution in [-0.4, -0.2) is 39.5 Å². The number of hydrogen-bond acceptors (Lipinski definition) is 4. The van der Waals surface area contributed by atoms with Crippen LogP contribution in [0.4, 0.5) is 0 Å². The summed E-state index contributed by atoms with van der Waals surface area (Å²) in [5.74, 6) is -0.747. The van der Waals surface area contributed by atoms with Gasteiger partial charge < -0.3 is 5.11 Å². The maximum atomic E-state index is 11.8. The van der Waals surface area contributed by atoms with Gasteiger partial charge in [-0.3, -0.25) is 19.5 Å². The van der Waals surface area contributed by atoms with Gasteiger partial charge >= 0.3 is 0 Å². The van der Waals surface area contributed by atoms with Crippen LogP contribution in [0.1, 0.15) is 27.6 Å². The first-order valence-corrected chi connectivity index (χ1v) is 4.59. The first-order chi connectivity index (χ1) is 7.16. The van der Waals surface area contributed by atoms with Crippen molar-refractivity contribution < 1.29 is 14.7 Å². The van der Waals surface area contributed by atoms with E-state index < -0.39 is 6.04 Å². The molecule has 1 N–H and O–H groups in total. The lowest BCUT2D eigenvalue weighted by atomic mass is 10.2. The molecule has 1 aromatic heterocycles. The summed E-state index contributed by atoms with van der Waals surface area (Å²) in [6.45, 7) is 1.38. The fraction of sp³-hybridized carbons (Fsp3) is 0.300. The van der Waals surface area contributed by atoms with Crippen molar-refractivity contribution in [2.45, 2.75) is 13.0 Å². The van der Waals surface area contributed by atoms with Crippen LogP contribution in [0.2, 0.25) is 0 Å². The Morgan fingerprint density at radius 2 is 2.07 bits per heavy atom. The highest BCUT2D eigenvalue weighted by Gasteiger charge is 2.38. The third kappa shape index (κ3) is 1.32. The van der Waals surface area contributed by atoms with Gasteiger partial charge in [0.25, 0.3) is 11.8 Å². The van der Waals surface area contributed by atoms with Gasteiger partial charge in [-0.1, -0.05) is 0 Å². The highest BCUT2D eigenvalue weighted by atomic mass is 16.3. The molecular formula is C10H10N2O3. The van der Waals surface area contributed by atoms with Crippen LogP contribution >= 0.6 is 0 Å². The number of amides is 2. The molecule has 0 spiro atoms. The van der Waals surface area contributed by atoms with Gasteiger partial charge in [-0.25, -0.2) is 0 Å². The molecule has 5 nitrogen and oxygen atoms in total. The van der Waals surface area contributed by atoms with E-state index >= 15 is 0 Å². The minimum Gasteiger partial charge on any atom is -0.394 e. The van der Waals surface area contributed by atoms with E-state index in [-0.39, 0.29) is 18.4 Å². The molecule has 0 aromatic carbocycles. The normalized spacial score (nSPS) is 16.8. The third-order valence-electron chi connectivity index (χ3n) is 2.42. The smallest absolute Gasteiger partial charge is 0.263 e. The first-order valence-electron chi connectivity index (χ1n) is 4.59. The number of nitrogens with zero attached hydrogens (tertiary/aromatic N) is 2. The van der Waals surface area contributed by atoms with E-state index in [1.807, 2.05) is 0 Å². The lowest BCUT2D eigenvalue weighted by Gasteiger charge is -2.19. The Kier molecular flexibility index (Phi) is 2.24. The van der Waals surface area contributed by atoms with Crippen molar-refractivity contribution in [3.63, 3.8) is 0 Å². The fourth-order valence-electron chi connectivity index (χ4n) is 1.59. The molecule has 0 fully saturated rings. The van der Waals surface area contributed by atoms with Gasteiger partial charge in [0.15, 0.2) is 0 Å². The largest absolute Gasteiger partial charge is 0.394 e. The van der Waals surface area contributed by atoms with E-state index in [9.17, 15) is 9.59 Å². The van der Waals surface area contributed by atoms with Crippen LogP contribution in [0.15, 0.2) is 18.5 Å². The van der Waals surface area contributed by atoms with Gasteiger partial charge in [0.05, 0.1) is 23.8 Å². The molecule has 0 bridgehead atoms. The van der Waals surface area contributed by atoms with Crippen LogP contribution in [0, 0.1) is 0 Å². The van der Waals surface area contributed by atoms with Gasteiger partial charge in [-0.05, 0) is 13.0 Å². The van der Waals surface area contributed by atoms with Crippen molar-refractivity contribution in [2.24, 2.45) is 0 Å². The lowest BCUT2D eigenvalue weighted by molar-refractivity contribution is 0.0537. The number of fused-ring (bicyclic) bond motifs is 1. The second-order valence-electron chi connectivity index (χ2n) is 3.43. The molecule has 0 saturated heterocycles. The van der Waals surface area contributed by atoms with E-state index in [4.69, 9.17) is 5.11 Å². The van der Waals surface area contributed by atoms with Crippen LogP contribution in [-0.2, 0) is 0 Å². The molecule has 1 aliphatic heterocycles. The molecule has 0 saturated carbocycles. The molecule has 78 valence electrons. The number of aliphatic hydroxyl groups is 1. The summed E-state index contributed by atoms with van der Waals surface area (Å²) in [7, 11) is 0. The molecule has 1 atom stereocenters. The van der Waals surface area contributed by atoms with Crippen LogP contribution in [0.3, 0.4) is 0 Å². The van der Waals surface area contributed by atoms with Gasteiger partial charge in [0, 0.05) is 12.4 Å². The highest BCUT2D eigenvalue weighted by molar-refractivity contribution is 6.21. The van der Waals surface area contributed by atoms with Gasteiger partial charge in [-0.2, -0.15) is 0 Å². The van der Waals surface area contributed by atoms with Gasteiger partial charge in [-0.15, -0.1) is 0 Å². The number of rotatable bonds is 2. The molecule has 1 aromatic rings. The number of pyridine rings is 1. The molecule has 5 heteroatoms. The zero-order valence-corrected chi connectivity index (χ0v) is 8.17. The predicted molar refractivity (Wildman–Crippen MR) is 51.3 cm³/mol. The molecule has 2 amide bonds. The average Bonchev–Trinajstić information content (AvgIpc) is 2.52. The van der Waals surface area contributed by atoms with Crippen molar-refractivity contribution in [3.05, 3.63) is 29.6 Å². The summed E-state index contributed by atoms with van der Waals surface area (Å²) in [5, 5.41) is 8.95. The third-order valence-corrected chi connectivity index (χ3v) is 2.42. The second kappa shape index (κ2) is 3.43. The number of aromatic nitrogens is 1. The van der Waals surface area contributed by atoms with Gasteiger partial charge in [0.1, 0.15) is 0 Å². The Morgan fingerprint density at radius 3 is 2.67 bits per heavy atom. The minimum absolute atomic E-state index is 0.237. The number of carbonyl (C=O) groups is 2. The Hall–Kier alpha value is -1.75. The summed E-state index contributed by atoms with van der Waals surface area (Å²) in [6, 6.07) is 1.01. The van der Waals surface area contributed by atoms with E-state index in [0.29, 0.717) is 11.1 Å². The van der Waals surface area contributed by atoms with Crippen molar-refractivity contribution in [1.29, 1.82) is 0 Å². The molecule has 1 aliphatic rings. The highest BCUT2D eigenvalue weighted by Crippen LogP contribution is 2.23. The maximum Gasteiger partial charge on any atom is 0.263 e. The summed E-state index contributed by atoms with van der Waals surface area (Å²) in [6.07, 6.45) is 2.84. The molecule has 0 unspecified atom stereocenters. The zero-order chi connectivity index (χ0) is 11.0. The van der Waals surface area contributed by atoms with Crippen LogP contribution < -0.4 is 0 Å². The molecule has 0 radical (unpaired) electrons. The summed E-state index contributed by atoms with van der Waals surface area (Å²) in [5.41, 5.74) is 0.665. The molecular weight excluding hydrogens is 196 g/mol. The quantitative estimate of drug-likeness (QED) is 0.694. The molecule has 15 heavy (non-hydrogen) atoms. The lowest BCUT2D eigenvalue weighted by Crippen LogP contribution is -2.40. The Morgan fingerprint density at radius 1 is 1.40 bits per heavy atom. The number of aliphatic hydroxyl groups excluding tert-OH is 1. The topological polar surface area (TPSA) is 70.5 Å². The van der Waals surface area contributed by atoms with Crippen LogP contribution in [0.5, 0.6) is 0 Å². The Balaban J connectivity index is 2.45. The molecule has 0 aliphatic carbocycles. The van der Waals surface area contributed by atoms with Gasteiger partial charge in [0.2, 0.25) is 0 Å². The minimum atomic E-state index is -0.502. The van der Waals surface area contributed by atoms with Crippen molar-refractivity contribution in [3.8, 4) is 0 Å². The van der Waals surface area contributed by atoms with E-state index in [1.54, 1.807) is 6.92 Å². The summed E-state index contributed by atoms with van der Waals surface area (Å²) < 4.78 is 0. The fourth-order valence-corrected chi connectivity index (χ4v) is 1.59.